The molecule has 0 aromatic heterocycles. The van der Waals surface area contributed by atoms with Crippen LogP contribution in [0.5, 0.6) is 0 Å². The molecule has 1 aromatic rings. The first-order valence-corrected chi connectivity index (χ1v) is 6.44. The third-order valence-corrected chi connectivity index (χ3v) is 4.22. The summed E-state index contributed by atoms with van der Waals surface area (Å²) in [6.07, 6.45) is 4.85. The summed E-state index contributed by atoms with van der Waals surface area (Å²) in [7, 11) is 0. The topological polar surface area (TPSA) is 66.9 Å². The molecule has 4 nitrogen and oxygen atoms in total. The van der Waals surface area contributed by atoms with Crippen LogP contribution < -0.4 is 0 Å². The fraction of sp³-hybridized carbons (Fsp3) is 0.417. The molecule has 17 heavy (non-hydrogen) atoms. The Bertz CT molecular complexity index is 476. The van der Waals surface area contributed by atoms with Crippen LogP contribution in [0.15, 0.2) is 23.1 Å². The van der Waals surface area contributed by atoms with Crippen LogP contribution in [0.25, 0.3) is 0 Å². The largest absolute Gasteiger partial charge is 0.288 e. The molecule has 0 atom stereocenters. The van der Waals surface area contributed by atoms with Crippen molar-refractivity contribution in [2.45, 2.75) is 35.8 Å². The number of benzene rings is 1. The second kappa shape index (κ2) is 5.19. The van der Waals surface area contributed by atoms with E-state index in [1.54, 1.807) is 17.8 Å². The molecule has 2 rings (SSSR count). The molecule has 1 aliphatic rings. The maximum atomic E-state index is 10.8. The van der Waals surface area contributed by atoms with Crippen LogP contribution in [-0.2, 0) is 0 Å². The van der Waals surface area contributed by atoms with E-state index in [-0.39, 0.29) is 11.3 Å². The van der Waals surface area contributed by atoms with E-state index in [9.17, 15) is 10.1 Å². The van der Waals surface area contributed by atoms with E-state index in [4.69, 9.17) is 5.26 Å². The van der Waals surface area contributed by atoms with Crippen molar-refractivity contribution < 1.29 is 4.92 Å². The number of hydrogen-bond donors (Lipinski definition) is 0. The highest BCUT2D eigenvalue weighted by molar-refractivity contribution is 8.00. The van der Waals surface area contributed by atoms with Crippen LogP contribution in [0.4, 0.5) is 5.69 Å². The fourth-order valence-electron chi connectivity index (χ4n) is 2.03. The van der Waals surface area contributed by atoms with Gasteiger partial charge in [-0.2, -0.15) is 5.26 Å². The Morgan fingerprint density at radius 2 is 2.12 bits per heavy atom. The number of hydrogen-bond acceptors (Lipinski definition) is 4. The van der Waals surface area contributed by atoms with Crippen molar-refractivity contribution in [1.29, 1.82) is 5.26 Å². The number of nitro groups is 1. The fourth-order valence-corrected chi connectivity index (χ4v) is 3.31. The standard InChI is InChI=1S/C12H12N2O2S/c13-8-9-5-6-11(7-12(9)14(15)16)17-10-3-1-2-4-10/h5-7,10H,1-4H2. The first-order valence-electron chi connectivity index (χ1n) is 5.56. The number of nitrogens with zero attached hydrogens (tertiary/aromatic N) is 2. The molecule has 0 amide bonds. The Labute approximate surface area is 104 Å². The highest BCUT2D eigenvalue weighted by atomic mass is 32.2. The molecule has 0 unspecified atom stereocenters. The van der Waals surface area contributed by atoms with E-state index in [2.05, 4.69) is 0 Å². The van der Waals surface area contributed by atoms with Crippen LogP contribution in [0, 0.1) is 21.4 Å². The van der Waals surface area contributed by atoms with Crippen molar-refractivity contribution in [2.24, 2.45) is 0 Å². The van der Waals surface area contributed by atoms with Crippen molar-refractivity contribution >= 4 is 17.4 Å². The van der Waals surface area contributed by atoms with Crippen molar-refractivity contribution in [3.05, 3.63) is 33.9 Å². The molecule has 1 saturated carbocycles. The number of nitriles is 1. The van der Waals surface area contributed by atoms with E-state index >= 15 is 0 Å². The van der Waals surface area contributed by atoms with Gasteiger partial charge in [0.05, 0.1) is 4.92 Å². The molecule has 88 valence electrons. The van der Waals surface area contributed by atoms with E-state index < -0.39 is 4.92 Å². The second-order valence-corrected chi connectivity index (χ2v) is 5.45. The summed E-state index contributed by atoms with van der Waals surface area (Å²) in [6, 6.07) is 6.70. The van der Waals surface area contributed by atoms with E-state index in [0.717, 1.165) is 4.90 Å². The third kappa shape index (κ3) is 2.77. The molecule has 5 heteroatoms. The third-order valence-electron chi connectivity index (χ3n) is 2.89. The lowest BCUT2D eigenvalue weighted by atomic mass is 10.2. The van der Waals surface area contributed by atoms with Crippen molar-refractivity contribution in [3.8, 4) is 6.07 Å². The zero-order valence-electron chi connectivity index (χ0n) is 9.26. The minimum atomic E-state index is -0.489. The molecule has 0 radical (unpaired) electrons. The second-order valence-electron chi connectivity index (χ2n) is 4.07. The zero-order valence-corrected chi connectivity index (χ0v) is 10.1. The molecular formula is C12H12N2O2S. The summed E-state index contributed by atoms with van der Waals surface area (Å²) in [5.41, 5.74) is 0.0428. The Morgan fingerprint density at radius 1 is 1.41 bits per heavy atom. The van der Waals surface area contributed by atoms with E-state index in [0.29, 0.717) is 5.25 Å². The van der Waals surface area contributed by atoms with Gasteiger partial charge in [0.2, 0.25) is 0 Å². The lowest BCUT2D eigenvalue weighted by Gasteiger charge is -2.08. The predicted molar refractivity (Wildman–Crippen MR) is 65.9 cm³/mol. The molecule has 0 spiro atoms. The van der Waals surface area contributed by atoms with Gasteiger partial charge >= 0.3 is 0 Å². The van der Waals surface area contributed by atoms with Gasteiger partial charge in [0.15, 0.2) is 0 Å². The zero-order chi connectivity index (χ0) is 12.3. The minimum absolute atomic E-state index is 0.0875. The lowest BCUT2D eigenvalue weighted by molar-refractivity contribution is -0.385. The van der Waals surface area contributed by atoms with Crippen LogP contribution >= 0.6 is 11.8 Å². The molecule has 1 aromatic carbocycles. The van der Waals surface area contributed by atoms with E-state index in [1.165, 1.54) is 37.8 Å². The maximum absolute atomic E-state index is 10.8. The van der Waals surface area contributed by atoms with E-state index in [1.807, 2.05) is 6.07 Å². The van der Waals surface area contributed by atoms with Gasteiger partial charge in [-0.1, -0.05) is 12.8 Å². The van der Waals surface area contributed by atoms with Gasteiger partial charge in [0.25, 0.3) is 5.69 Å². The van der Waals surface area contributed by atoms with Gasteiger partial charge in [0.1, 0.15) is 11.6 Å². The summed E-state index contributed by atoms with van der Waals surface area (Å²) < 4.78 is 0. The SMILES string of the molecule is N#Cc1ccc(SC2CCCC2)cc1[N+](=O)[O-]. The molecule has 0 saturated heterocycles. The average Bonchev–Trinajstić information content (AvgIpc) is 2.81. The van der Waals surface area contributed by atoms with Crippen molar-refractivity contribution in [3.63, 3.8) is 0 Å². The molecule has 0 aliphatic heterocycles. The van der Waals surface area contributed by atoms with Crippen LogP contribution in [-0.4, -0.2) is 10.2 Å². The van der Waals surface area contributed by atoms with Crippen molar-refractivity contribution in [1.82, 2.24) is 0 Å². The van der Waals surface area contributed by atoms with Gasteiger partial charge < -0.3 is 0 Å². The number of nitro benzene ring substituents is 1. The normalized spacial score (nSPS) is 15.7. The summed E-state index contributed by atoms with van der Waals surface area (Å²) in [5, 5.41) is 20.2. The van der Waals surface area contributed by atoms with Gasteiger partial charge in [-0.15, -0.1) is 11.8 Å². The predicted octanol–water partition coefficient (Wildman–Crippen LogP) is 3.50. The average molecular weight is 248 g/mol. The highest BCUT2D eigenvalue weighted by Gasteiger charge is 2.19. The highest BCUT2D eigenvalue weighted by Crippen LogP contribution is 2.36. The van der Waals surface area contributed by atoms with Crippen LogP contribution in [0.3, 0.4) is 0 Å². The molecule has 1 fully saturated rings. The maximum Gasteiger partial charge on any atom is 0.288 e. The number of rotatable bonds is 3. The summed E-state index contributed by atoms with van der Waals surface area (Å²) >= 11 is 1.69. The molecule has 0 heterocycles. The first kappa shape index (κ1) is 11.9. The monoisotopic (exact) mass is 248 g/mol. The smallest absolute Gasteiger partial charge is 0.258 e. The van der Waals surface area contributed by atoms with Gasteiger partial charge in [0, 0.05) is 16.2 Å². The summed E-state index contributed by atoms with van der Waals surface area (Å²) in [5.74, 6) is 0. The minimum Gasteiger partial charge on any atom is -0.258 e. The number of thioether (sulfide) groups is 1. The first-order chi connectivity index (χ1) is 8.20. The van der Waals surface area contributed by atoms with Gasteiger partial charge in [-0.05, 0) is 25.0 Å². The Balaban J connectivity index is 2.21. The molecule has 1 aliphatic carbocycles. The lowest BCUT2D eigenvalue weighted by Crippen LogP contribution is -1.96. The van der Waals surface area contributed by atoms with Crippen LogP contribution in [0.2, 0.25) is 0 Å². The summed E-state index contributed by atoms with van der Waals surface area (Å²) in [4.78, 5) is 11.2. The van der Waals surface area contributed by atoms with Crippen molar-refractivity contribution in [2.75, 3.05) is 0 Å². The summed E-state index contributed by atoms with van der Waals surface area (Å²) in [6.45, 7) is 0. The van der Waals surface area contributed by atoms with Gasteiger partial charge in [-0.3, -0.25) is 10.1 Å². The van der Waals surface area contributed by atoms with Gasteiger partial charge in [-0.25, -0.2) is 0 Å². The molecule has 0 bridgehead atoms. The Hall–Kier alpha value is -1.54. The molecular weight excluding hydrogens is 236 g/mol. The Kier molecular flexibility index (Phi) is 3.64. The quantitative estimate of drug-likeness (QED) is 0.606. The molecule has 0 N–H and O–H groups in total. The Morgan fingerprint density at radius 3 is 2.71 bits per heavy atom. The van der Waals surface area contributed by atoms with Crippen LogP contribution in [0.1, 0.15) is 31.2 Å².